The topological polar surface area (TPSA) is 66.5 Å². The Morgan fingerprint density at radius 1 is 0.933 bits per heavy atom. The summed E-state index contributed by atoms with van der Waals surface area (Å²) in [4.78, 5) is 12.8. The molecule has 7 heteroatoms. The number of nitrogens with one attached hydrogen (secondary N) is 1. The van der Waals surface area contributed by atoms with Crippen molar-refractivity contribution in [2.45, 2.75) is 25.3 Å². The molecule has 0 aromatic heterocycles. The molecule has 1 N–H and O–H groups in total. The fourth-order valence-corrected chi connectivity index (χ4v) is 4.57. The molecule has 5 nitrogen and oxygen atoms in total. The van der Waals surface area contributed by atoms with Gasteiger partial charge in [-0.15, -0.1) is 0 Å². The monoisotopic (exact) mass is 426 g/mol. The van der Waals surface area contributed by atoms with Gasteiger partial charge in [-0.25, -0.2) is 12.8 Å². The lowest BCUT2D eigenvalue weighted by Crippen LogP contribution is -2.37. The highest BCUT2D eigenvalue weighted by Crippen LogP contribution is 2.19. The van der Waals surface area contributed by atoms with Crippen LogP contribution >= 0.6 is 0 Å². The van der Waals surface area contributed by atoms with Gasteiger partial charge in [0.2, 0.25) is 15.9 Å². The van der Waals surface area contributed by atoms with Gasteiger partial charge in [-0.1, -0.05) is 36.4 Å². The highest BCUT2D eigenvalue weighted by Gasteiger charge is 2.27. The fraction of sp³-hybridized carbons (Fsp3) is 0.174. The van der Waals surface area contributed by atoms with Crippen LogP contribution in [0.5, 0.6) is 0 Å². The molecule has 0 saturated carbocycles. The molecule has 0 aliphatic heterocycles. The van der Waals surface area contributed by atoms with E-state index in [1.807, 2.05) is 32.0 Å². The third-order valence-electron chi connectivity index (χ3n) is 4.48. The maximum Gasteiger partial charge on any atom is 0.243 e. The van der Waals surface area contributed by atoms with E-state index in [1.165, 1.54) is 36.4 Å². The molecule has 0 heterocycles. The van der Waals surface area contributed by atoms with Crippen LogP contribution in [0.2, 0.25) is 0 Å². The van der Waals surface area contributed by atoms with Gasteiger partial charge in [-0.3, -0.25) is 4.79 Å². The number of aryl methyl sites for hydroxylation is 2. The Labute approximate surface area is 176 Å². The Morgan fingerprint density at radius 3 is 2.13 bits per heavy atom. The van der Waals surface area contributed by atoms with Crippen molar-refractivity contribution in [3.8, 4) is 0 Å². The van der Waals surface area contributed by atoms with Crippen LogP contribution in [0.3, 0.4) is 0 Å². The molecular formula is C23H23FN2O3S. The van der Waals surface area contributed by atoms with Gasteiger partial charge in [0.15, 0.2) is 0 Å². The second kappa shape index (κ2) is 9.19. The van der Waals surface area contributed by atoms with Crippen LogP contribution in [0, 0.1) is 19.7 Å². The Bertz CT molecular complexity index is 1110. The molecule has 0 bridgehead atoms. The van der Waals surface area contributed by atoms with Gasteiger partial charge in [0, 0.05) is 12.2 Å². The molecule has 0 aliphatic rings. The summed E-state index contributed by atoms with van der Waals surface area (Å²) in [5.41, 5.74) is 3.17. The van der Waals surface area contributed by atoms with Crippen molar-refractivity contribution in [3.05, 3.63) is 95.3 Å². The lowest BCUT2D eigenvalue weighted by Gasteiger charge is -2.22. The average Bonchev–Trinajstić information content (AvgIpc) is 2.69. The number of nitrogens with zero attached hydrogens (tertiary/aromatic N) is 1. The van der Waals surface area contributed by atoms with Crippen molar-refractivity contribution in [1.29, 1.82) is 0 Å². The molecule has 0 fully saturated rings. The minimum absolute atomic E-state index is 0.0578. The van der Waals surface area contributed by atoms with Crippen LogP contribution in [0.1, 0.15) is 16.7 Å². The van der Waals surface area contributed by atoms with Crippen LogP contribution in [0.4, 0.5) is 10.1 Å². The quantitative estimate of drug-likeness (QED) is 0.614. The molecule has 156 valence electrons. The maximum atomic E-state index is 13.2. The number of anilines is 1. The van der Waals surface area contributed by atoms with Crippen LogP contribution < -0.4 is 5.32 Å². The van der Waals surface area contributed by atoms with E-state index < -0.39 is 21.7 Å². The zero-order valence-electron chi connectivity index (χ0n) is 16.8. The zero-order valence-corrected chi connectivity index (χ0v) is 17.6. The van der Waals surface area contributed by atoms with E-state index in [4.69, 9.17) is 0 Å². The van der Waals surface area contributed by atoms with E-state index in [0.717, 1.165) is 15.4 Å². The minimum atomic E-state index is -3.93. The van der Waals surface area contributed by atoms with Gasteiger partial charge < -0.3 is 5.32 Å². The summed E-state index contributed by atoms with van der Waals surface area (Å²) in [6.07, 6.45) is 0. The molecule has 0 saturated heterocycles. The highest BCUT2D eigenvalue weighted by molar-refractivity contribution is 7.89. The average molecular weight is 427 g/mol. The summed E-state index contributed by atoms with van der Waals surface area (Å²) in [6, 6.07) is 19.1. The first-order chi connectivity index (χ1) is 14.2. The normalized spacial score (nSPS) is 11.5. The molecule has 3 aromatic rings. The van der Waals surface area contributed by atoms with Crippen LogP contribution in [-0.4, -0.2) is 25.2 Å². The van der Waals surface area contributed by atoms with Gasteiger partial charge >= 0.3 is 0 Å². The molecule has 0 atom stereocenters. The summed E-state index contributed by atoms with van der Waals surface area (Å²) in [5, 5.41) is 2.77. The van der Waals surface area contributed by atoms with Crippen LogP contribution in [0.15, 0.2) is 77.7 Å². The van der Waals surface area contributed by atoms with Crippen molar-refractivity contribution >= 4 is 21.6 Å². The minimum Gasteiger partial charge on any atom is -0.325 e. The molecule has 0 radical (unpaired) electrons. The van der Waals surface area contributed by atoms with Crippen molar-refractivity contribution in [2.75, 3.05) is 11.9 Å². The molecule has 1 amide bonds. The lowest BCUT2D eigenvalue weighted by atomic mass is 10.1. The molecule has 0 unspecified atom stereocenters. The summed E-state index contributed by atoms with van der Waals surface area (Å²) in [5.74, 6) is -0.870. The summed E-state index contributed by atoms with van der Waals surface area (Å²) in [6.45, 7) is 3.41. The first kappa shape index (κ1) is 21.7. The first-order valence-corrected chi connectivity index (χ1v) is 10.9. The molecule has 0 spiro atoms. The largest absolute Gasteiger partial charge is 0.325 e. The Hall–Kier alpha value is -3.03. The number of hydrogen-bond acceptors (Lipinski definition) is 3. The number of carbonyl (C=O) groups is 1. The summed E-state index contributed by atoms with van der Waals surface area (Å²) in [7, 11) is -3.93. The second-order valence-electron chi connectivity index (χ2n) is 7.14. The van der Waals surface area contributed by atoms with E-state index in [-0.39, 0.29) is 18.0 Å². The van der Waals surface area contributed by atoms with Crippen molar-refractivity contribution < 1.29 is 17.6 Å². The lowest BCUT2D eigenvalue weighted by molar-refractivity contribution is -0.116. The SMILES string of the molecule is Cc1cc(C)cc(NC(=O)CN(Cc2ccc(F)cc2)S(=O)(=O)c2ccccc2)c1. The number of rotatable bonds is 7. The molecule has 3 rings (SSSR count). The predicted molar refractivity (Wildman–Crippen MR) is 115 cm³/mol. The fourth-order valence-electron chi connectivity index (χ4n) is 3.17. The second-order valence-corrected chi connectivity index (χ2v) is 9.08. The number of amides is 1. The van der Waals surface area contributed by atoms with Gasteiger partial charge in [-0.2, -0.15) is 4.31 Å². The van der Waals surface area contributed by atoms with E-state index in [0.29, 0.717) is 11.3 Å². The number of halogens is 1. The summed E-state index contributed by atoms with van der Waals surface area (Å²) < 4.78 is 40.7. The smallest absolute Gasteiger partial charge is 0.243 e. The summed E-state index contributed by atoms with van der Waals surface area (Å²) >= 11 is 0. The highest BCUT2D eigenvalue weighted by atomic mass is 32.2. The third kappa shape index (κ3) is 5.52. The number of hydrogen-bond donors (Lipinski definition) is 1. The van der Waals surface area contributed by atoms with Gasteiger partial charge in [0.25, 0.3) is 0 Å². The van der Waals surface area contributed by atoms with Gasteiger partial charge in [0.05, 0.1) is 11.4 Å². The molecule has 3 aromatic carbocycles. The van der Waals surface area contributed by atoms with E-state index >= 15 is 0 Å². The molecular weight excluding hydrogens is 403 g/mol. The van der Waals surface area contributed by atoms with E-state index in [1.54, 1.807) is 18.2 Å². The zero-order chi connectivity index (χ0) is 21.7. The maximum absolute atomic E-state index is 13.2. The van der Waals surface area contributed by atoms with Crippen LogP contribution in [0.25, 0.3) is 0 Å². The van der Waals surface area contributed by atoms with Crippen molar-refractivity contribution in [2.24, 2.45) is 0 Å². The third-order valence-corrected chi connectivity index (χ3v) is 6.28. The Kier molecular flexibility index (Phi) is 6.64. The van der Waals surface area contributed by atoms with Crippen molar-refractivity contribution in [3.63, 3.8) is 0 Å². The van der Waals surface area contributed by atoms with Gasteiger partial charge in [-0.05, 0) is 66.9 Å². The Morgan fingerprint density at radius 2 is 1.53 bits per heavy atom. The number of carbonyl (C=O) groups excluding carboxylic acids is 1. The van der Waals surface area contributed by atoms with E-state index in [9.17, 15) is 17.6 Å². The van der Waals surface area contributed by atoms with Crippen molar-refractivity contribution in [1.82, 2.24) is 4.31 Å². The molecule has 30 heavy (non-hydrogen) atoms. The standard InChI is InChI=1S/C23H23FN2O3S/c1-17-12-18(2)14-21(13-17)25-23(27)16-26(15-19-8-10-20(24)11-9-19)30(28,29)22-6-4-3-5-7-22/h3-14H,15-16H2,1-2H3,(H,25,27). The first-order valence-electron chi connectivity index (χ1n) is 9.42. The predicted octanol–water partition coefficient (Wildman–Crippen LogP) is 4.27. The molecule has 0 aliphatic carbocycles. The Balaban J connectivity index is 1.86. The van der Waals surface area contributed by atoms with Gasteiger partial charge in [0.1, 0.15) is 5.82 Å². The number of sulfonamides is 1. The number of benzene rings is 3. The van der Waals surface area contributed by atoms with Crippen LogP contribution in [-0.2, 0) is 21.4 Å². The van der Waals surface area contributed by atoms with E-state index in [2.05, 4.69) is 5.32 Å².